The van der Waals surface area contributed by atoms with Gasteiger partial charge >= 0.3 is 6.09 Å². The van der Waals surface area contributed by atoms with Crippen molar-refractivity contribution in [2.45, 2.75) is 6.61 Å². The zero-order valence-electron chi connectivity index (χ0n) is 22.4. The van der Waals surface area contributed by atoms with E-state index in [0.29, 0.717) is 112 Å². The third-order valence-corrected chi connectivity index (χ3v) is 4.57. The van der Waals surface area contributed by atoms with Gasteiger partial charge in [0.2, 0.25) is 0 Å². The summed E-state index contributed by atoms with van der Waals surface area (Å²) in [6.45, 7) is 8.09. The minimum absolute atomic E-state index is 0.0226. The molecule has 1 aromatic carbocycles. The first-order valence-electron chi connectivity index (χ1n) is 13.0. The Kier molecular flexibility index (Phi) is 25.3. The quantitative estimate of drug-likeness (QED) is 0.146. The first kappa shape index (κ1) is 34.2. The minimum atomic E-state index is -0.469. The van der Waals surface area contributed by atoms with Crippen LogP contribution in [0.3, 0.4) is 0 Å². The zero-order chi connectivity index (χ0) is 27.2. The van der Waals surface area contributed by atoms with E-state index >= 15 is 0 Å². The fraction of sp³-hybridized carbons (Fsp3) is 0.731. The molecule has 0 bridgehead atoms. The number of aliphatic hydroxyl groups is 1. The maximum Gasteiger partial charge on any atom is 0.407 e. The van der Waals surface area contributed by atoms with Crippen LogP contribution in [0, 0.1) is 0 Å². The van der Waals surface area contributed by atoms with E-state index in [4.69, 9.17) is 47.7 Å². The Balaban J connectivity index is 1.67. The van der Waals surface area contributed by atoms with Crippen LogP contribution in [0.5, 0.6) is 0 Å². The third kappa shape index (κ3) is 24.5. The number of hydrogen-bond acceptors (Lipinski definition) is 11. The standard InChI is InChI=1S/C26H45NO11/c28-7-9-31-11-13-33-15-17-35-19-21-37-23-22-36-20-18-34-16-14-32-12-10-30-8-6-27-26(29)38-24-25-4-2-1-3-5-25/h1-5,28H,6-24H2,(H,27,29). The van der Waals surface area contributed by atoms with Gasteiger partial charge in [0.25, 0.3) is 0 Å². The molecule has 0 saturated carbocycles. The van der Waals surface area contributed by atoms with Crippen LogP contribution in [0.1, 0.15) is 5.56 Å². The van der Waals surface area contributed by atoms with Gasteiger partial charge in [-0.2, -0.15) is 0 Å². The Labute approximate surface area is 225 Å². The molecule has 2 N–H and O–H groups in total. The van der Waals surface area contributed by atoms with Crippen LogP contribution in [0.2, 0.25) is 0 Å². The maximum atomic E-state index is 11.6. The summed E-state index contributed by atoms with van der Waals surface area (Å²) in [6.07, 6.45) is -0.469. The van der Waals surface area contributed by atoms with Crippen molar-refractivity contribution in [2.24, 2.45) is 0 Å². The van der Waals surface area contributed by atoms with Crippen LogP contribution in [0.4, 0.5) is 4.79 Å². The van der Waals surface area contributed by atoms with Gasteiger partial charge in [0.15, 0.2) is 0 Å². The maximum absolute atomic E-state index is 11.6. The van der Waals surface area contributed by atoms with Gasteiger partial charge in [-0.3, -0.25) is 0 Å². The summed E-state index contributed by atoms with van der Waals surface area (Å²) in [5.74, 6) is 0. The molecule has 0 aliphatic rings. The molecule has 0 radical (unpaired) electrons. The number of alkyl carbamates (subject to hydrolysis) is 1. The molecule has 0 aliphatic carbocycles. The highest BCUT2D eigenvalue weighted by atomic mass is 16.6. The van der Waals surface area contributed by atoms with Gasteiger partial charge < -0.3 is 53.1 Å². The molecule has 0 spiro atoms. The number of aliphatic hydroxyl groups excluding tert-OH is 1. The Morgan fingerprint density at radius 3 is 1.32 bits per heavy atom. The van der Waals surface area contributed by atoms with Crippen molar-refractivity contribution in [3.05, 3.63) is 35.9 Å². The minimum Gasteiger partial charge on any atom is -0.445 e. The summed E-state index contributed by atoms with van der Waals surface area (Å²) in [7, 11) is 0. The third-order valence-electron chi connectivity index (χ3n) is 4.57. The van der Waals surface area contributed by atoms with Gasteiger partial charge in [0.1, 0.15) is 6.61 Å². The van der Waals surface area contributed by atoms with Crippen LogP contribution >= 0.6 is 0 Å². The van der Waals surface area contributed by atoms with E-state index < -0.39 is 6.09 Å². The molecule has 220 valence electrons. The van der Waals surface area contributed by atoms with Crippen molar-refractivity contribution in [1.82, 2.24) is 5.32 Å². The van der Waals surface area contributed by atoms with E-state index in [1.54, 1.807) is 0 Å². The second-order valence-electron chi connectivity index (χ2n) is 7.61. The number of nitrogens with one attached hydrogen (secondary N) is 1. The summed E-state index contributed by atoms with van der Waals surface area (Å²) >= 11 is 0. The van der Waals surface area contributed by atoms with Crippen molar-refractivity contribution in [3.63, 3.8) is 0 Å². The van der Waals surface area contributed by atoms with Gasteiger partial charge in [0, 0.05) is 6.54 Å². The second kappa shape index (κ2) is 28.1. The molecular weight excluding hydrogens is 502 g/mol. The Hall–Kier alpha value is -1.87. The number of hydrogen-bond donors (Lipinski definition) is 2. The lowest BCUT2D eigenvalue weighted by Gasteiger charge is -2.09. The summed E-state index contributed by atoms with van der Waals surface area (Å²) in [6, 6.07) is 9.50. The first-order chi connectivity index (χ1) is 18.8. The second-order valence-corrected chi connectivity index (χ2v) is 7.61. The monoisotopic (exact) mass is 547 g/mol. The lowest BCUT2D eigenvalue weighted by molar-refractivity contribution is -0.0237. The molecule has 12 nitrogen and oxygen atoms in total. The number of ether oxygens (including phenoxy) is 9. The molecule has 0 aliphatic heterocycles. The van der Waals surface area contributed by atoms with Crippen molar-refractivity contribution in [1.29, 1.82) is 0 Å². The Morgan fingerprint density at radius 2 is 0.921 bits per heavy atom. The molecule has 1 aromatic rings. The highest BCUT2D eigenvalue weighted by Crippen LogP contribution is 2.00. The van der Waals surface area contributed by atoms with Gasteiger partial charge in [-0.1, -0.05) is 30.3 Å². The fourth-order valence-corrected chi connectivity index (χ4v) is 2.71. The molecule has 0 aromatic heterocycles. The van der Waals surface area contributed by atoms with Crippen LogP contribution in [-0.4, -0.2) is 130 Å². The number of rotatable bonds is 28. The molecule has 12 heteroatoms. The van der Waals surface area contributed by atoms with E-state index in [2.05, 4.69) is 5.32 Å². The summed E-state index contributed by atoms with van der Waals surface area (Å²) in [5, 5.41) is 11.2. The molecule has 0 saturated heterocycles. The normalized spacial score (nSPS) is 11.1. The van der Waals surface area contributed by atoms with Gasteiger partial charge in [-0.15, -0.1) is 0 Å². The van der Waals surface area contributed by atoms with Gasteiger partial charge in [0.05, 0.1) is 112 Å². The van der Waals surface area contributed by atoms with E-state index in [1.165, 1.54) is 0 Å². The first-order valence-corrected chi connectivity index (χ1v) is 13.0. The summed E-state index contributed by atoms with van der Waals surface area (Å²) in [4.78, 5) is 11.6. The van der Waals surface area contributed by atoms with Crippen LogP contribution in [0.25, 0.3) is 0 Å². The molecule has 0 fully saturated rings. The van der Waals surface area contributed by atoms with Crippen LogP contribution in [-0.2, 0) is 49.2 Å². The van der Waals surface area contributed by atoms with Crippen LogP contribution in [0.15, 0.2) is 30.3 Å². The van der Waals surface area contributed by atoms with Crippen molar-refractivity contribution in [3.8, 4) is 0 Å². The topological polar surface area (TPSA) is 132 Å². The predicted molar refractivity (Wildman–Crippen MR) is 138 cm³/mol. The number of amides is 1. The van der Waals surface area contributed by atoms with E-state index in [-0.39, 0.29) is 13.2 Å². The van der Waals surface area contributed by atoms with E-state index in [0.717, 1.165) is 5.56 Å². The molecule has 0 heterocycles. The van der Waals surface area contributed by atoms with Crippen LogP contribution < -0.4 is 5.32 Å². The number of carbonyl (C=O) groups excluding carboxylic acids is 1. The molecule has 38 heavy (non-hydrogen) atoms. The molecule has 1 rings (SSSR count). The predicted octanol–water partition coefficient (Wildman–Crippen LogP) is 1.04. The smallest absolute Gasteiger partial charge is 0.407 e. The van der Waals surface area contributed by atoms with Crippen molar-refractivity contribution < 1.29 is 52.5 Å². The Bertz CT molecular complexity index is 624. The zero-order valence-corrected chi connectivity index (χ0v) is 22.4. The molecule has 0 unspecified atom stereocenters. The highest BCUT2D eigenvalue weighted by molar-refractivity contribution is 5.67. The van der Waals surface area contributed by atoms with E-state index in [9.17, 15) is 4.79 Å². The van der Waals surface area contributed by atoms with Crippen molar-refractivity contribution >= 4 is 6.09 Å². The molecule has 0 atom stereocenters. The largest absolute Gasteiger partial charge is 0.445 e. The fourth-order valence-electron chi connectivity index (χ4n) is 2.71. The number of benzene rings is 1. The lowest BCUT2D eigenvalue weighted by Crippen LogP contribution is -2.28. The Morgan fingerprint density at radius 1 is 0.553 bits per heavy atom. The average Bonchev–Trinajstić information content (AvgIpc) is 2.94. The number of carbonyl (C=O) groups is 1. The van der Waals surface area contributed by atoms with E-state index in [1.807, 2.05) is 30.3 Å². The summed E-state index contributed by atoms with van der Waals surface area (Å²) < 4.78 is 48.0. The van der Waals surface area contributed by atoms with Crippen molar-refractivity contribution in [2.75, 3.05) is 119 Å². The molecule has 1 amide bonds. The summed E-state index contributed by atoms with van der Waals surface area (Å²) in [5.41, 5.74) is 0.938. The average molecular weight is 548 g/mol. The SMILES string of the molecule is O=C(NCCOCCOCCOCCOCCOCCOCCOCCOCCO)OCc1ccccc1. The highest BCUT2D eigenvalue weighted by Gasteiger charge is 2.01. The van der Waals surface area contributed by atoms with Gasteiger partial charge in [-0.05, 0) is 5.56 Å². The lowest BCUT2D eigenvalue weighted by atomic mass is 10.2. The molecular formula is C26H45NO11. The van der Waals surface area contributed by atoms with Gasteiger partial charge in [-0.25, -0.2) is 4.79 Å².